The molecule has 16 heavy (non-hydrogen) atoms. The van der Waals surface area contributed by atoms with Crippen molar-refractivity contribution in [2.45, 2.75) is 5.88 Å². The third kappa shape index (κ3) is 2.70. The predicted octanol–water partition coefficient (Wildman–Crippen LogP) is 2.94. The minimum absolute atomic E-state index is 0.571. The second-order valence-electron chi connectivity index (χ2n) is 4.20. The highest BCUT2D eigenvalue weighted by Crippen LogP contribution is 2.26. The van der Waals surface area contributed by atoms with Crippen molar-refractivity contribution in [3.05, 3.63) is 28.2 Å². The first-order valence-electron chi connectivity index (χ1n) is 5.48. The summed E-state index contributed by atoms with van der Waals surface area (Å²) in [5.74, 6) is 0.571. The van der Waals surface area contributed by atoms with Crippen molar-refractivity contribution in [2.75, 3.05) is 38.1 Å². The molecule has 1 aromatic rings. The summed E-state index contributed by atoms with van der Waals surface area (Å²) < 4.78 is 1.10. The van der Waals surface area contributed by atoms with Crippen molar-refractivity contribution in [3.63, 3.8) is 0 Å². The molecule has 0 atom stereocenters. The minimum atomic E-state index is 0.571. The van der Waals surface area contributed by atoms with Crippen molar-refractivity contribution in [2.24, 2.45) is 0 Å². The maximum absolute atomic E-state index is 5.99. The number of piperazine rings is 1. The summed E-state index contributed by atoms with van der Waals surface area (Å²) in [6.07, 6.45) is 0. The van der Waals surface area contributed by atoms with Crippen LogP contribution in [-0.4, -0.2) is 38.1 Å². The molecule has 0 bridgehead atoms. The Hall–Kier alpha value is -0.250. The van der Waals surface area contributed by atoms with Crippen LogP contribution < -0.4 is 4.90 Å². The van der Waals surface area contributed by atoms with Gasteiger partial charge in [0, 0.05) is 42.2 Å². The van der Waals surface area contributed by atoms with E-state index in [0.717, 1.165) is 30.7 Å². The molecule has 0 aromatic heterocycles. The minimum Gasteiger partial charge on any atom is -0.369 e. The SMILES string of the molecule is CN1CCN(c2ccc(Br)cc2CCl)CC1. The lowest BCUT2D eigenvalue weighted by atomic mass is 10.1. The number of halogens is 2. The second-order valence-corrected chi connectivity index (χ2v) is 5.38. The average Bonchev–Trinajstić information content (AvgIpc) is 2.30. The van der Waals surface area contributed by atoms with E-state index in [9.17, 15) is 0 Å². The first kappa shape index (κ1) is 12.2. The topological polar surface area (TPSA) is 6.48 Å². The lowest BCUT2D eigenvalue weighted by Gasteiger charge is -2.35. The summed E-state index contributed by atoms with van der Waals surface area (Å²) in [5, 5.41) is 0. The van der Waals surface area contributed by atoms with Gasteiger partial charge in [-0.3, -0.25) is 0 Å². The first-order chi connectivity index (χ1) is 7.70. The van der Waals surface area contributed by atoms with Crippen LogP contribution in [-0.2, 0) is 5.88 Å². The molecule has 4 heteroatoms. The highest BCUT2D eigenvalue weighted by molar-refractivity contribution is 9.10. The van der Waals surface area contributed by atoms with Crippen LogP contribution in [0.4, 0.5) is 5.69 Å². The third-order valence-corrected chi connectivity index (χ3v) is 3.81. The number of nitrogens with zero attached hydrogens (tertiary/aromatic N) is 2. The summed E-state index contributed by atoms with van der Waals surface area (Å²) in [7, 11) is 2.17. The molecule has 1 saturated heterocycles. The van der Waals surface area contributed by atoms with Crippen LogP contribution in [0.3, 0.4) is 0 Å². The molecule has 1 heterocycles. The molecular weight excluding hydrogens is 288 g/mol. The smallest absolute Gasteiger partial charge is 0.0494 e. The van der Waals surface area contributed by atoms with E-state index in [1.165, 1.54) is 11.3 Å². The predicted molar refractivity (Wildman–Crippen MR) is 73.4 cm³/mol. The Kier molecular flexibility index (Phi) is 4.11. The van der Waals surface area contributed by atoms with E-state index in [-0.39, 0.29) is 0 Å². The van der Waals surface area contributed by atoms with Crippen molar-refractivity contribution in [1.29, 1.82) is 0 Å². The summed E-state index contributed by atoms with van der Waals surface area (Å²) in [6, 6.07) is 6.36. The van der Waals surface area contributed by atoms with Crippen LogP contribution in [0.25, 0.3) is 0 Å². The fourth-order valence-corrected chi connectivity index (χ4v) is 2.64. The van der Waals surface area contributed by atoms with Crippen molar-refractivity contribution < 1.29 is 0 Å². The molecule has 1 aliphatic heterocycles. The van der Waals surface area contributed by atoms with E-state index in [0.29, 0.717) is 5.88 Å². The van der Waals surface area contributed by atoms with Crippen LogP contribution in [0, 0.1) is 0 Å². The molecule has 1 aromatic carbocycles. The zero-order chi connectivity index (χ0) is 11.5. The van der Waals surface area contributed by atoms with E-state index in [1.54, 1.807) is 0 Å². The van der Waals surface area contributed by atoms with Gasteiger partial charge in [0.25, 0.3) is 0 Å². The van der Waals surface area contributed by atoms with Crippen LogP contribution >= 0.6 is 27.5 Å². The van der Waals surface area contributed by atoms with Crippen molar-refractivity contribution in [1.82, 2.24) is 4.90 Å². The number of likely N-dealkylation sites (N-methyl/N-ethyl adjacent to an activating group) is 1. The van der Waals surface area contributed by atoms with Gasteiger partial charge in [0.15, 0.2) is 0 Å². The summed E-state index contributed by atoms with van der Waals surface area (Å²) in [5.41, 5.74) is 2.49. The average molecular weight is 304 g/mol. The van der Waals surface area contributed by atoms with E-state index >= 15 is 0 Å². The highest BCUT2D eigenvalue weighted by atomic mass is 79.9. The molecule has 2 nitrogen and oxygen atoms in total. The second kappa shape index (κ2) is 5.39. The van der Waals surface area contributed by atoms with Gasteiger partial charge in [-0.05, 0) is 30.8 Å². The van der Waals surface area contributed by atoms with Gasteiger partial charge in [-0.2, -0.15) is 0 Å². The highest BCUT2D eigenvalue weighted by Gasteiger charge is 2.16. The lowest BCUT2D eigenvalue weighted by Crippen LogP contribution is -2.44. The lowest BCUT2D eigenvalue weighted by molar-refractivity contribution is 0.312. The molecule has 0 unspecified atom stereocenters. The Labute approximate surface area is 110 Å². The Morgan fingerprint density at radius 2 is 1.94 bits per heavy atom. The molecule has 0 radical (unpaired) electrons. The van der Waals surface area contributed by atoms with E-state index in [4.69, 9.17) is 11.6 Å². The van der Waals surface area contributed by atoms with E-state index in [1.807, 2.05) is 0 Å². The Bertz CT molecular complexity index is 362. The number of benzene rings is 1. The van der Waals surface area contributed by atoms with Crippen LogP contribution in [0.2, 0.25) is 0 Å². The van der Waals surface area contributed by atoms with Crippen molar-refractivity contribution >= 4 is 33.2 Å². The molecule has 2 rings (SSSR count). The monoisotopic (exact) mass is 302 g/mol. The van der Waals surface area contributed by atoms with Crippen LogP contribution in [0.1, 0.15) is 5.56 Å². The largest absolute Gasteiger partial charge is 0.369 e. The molecule has 88 valence electrons. The summed E-state index contributed by atoms with van der Waals surface area (Å²) >= 11 is 9.48. The molecular formula is C12H16BrClN2. The third-order valence-electron chi connectivity index (χ3n) is 3.03. The van der Waals surface area contributed by atoms with Gasteiger partial charge < -0.3 is 9.80 Å². The van der Waals surface area contributed by atoms with Gasteiger partial charge in [-0.1, -0.05) is 15.9 Å². The number of anilines is 1. The van der Waals surface area contributed by atoms with Crippen LogP contribution in [0.15, 0.2) is 22.7 Å². The molecule has 0 saturated carbocycles. The fourth-order valence-electron chi connectivity index (χ4n) is 2.02. The van der Waals surface area contributed by atoms with E-state index in [2.05, 4.69) is 51.0 Å². The van der Waals surface area contributed by atoms with Gasteiger partial charge in [-0.15, -0.1) is 11.6 Å². The molecule has 0 amide bonds. The number of hydrogen-bond acceptors (Lipinski definition) is 2. The molecule has 0 aliphatic carbocycles. The van der Waals surface area contributed by atoms with Gasteiger partial charge in [-0.25, -0.2) is 0 Å². The Morgan fingerprint density at radius 1 is 1.25 bits per heavy atom. The van der Waals surface area contributed by atoms with Crippen molar-refractivity contribution in [3.8, 4) is 0 Å². The number of rotatable bonds is 2. The molecule has 0 spiro atoms. The fraction of sp³-hybridized carbons (Fsp3) is 0.500. The summed E-state index contributed by atoms with van der Waals surface area (Å²) in [4.78, 5) is 4.78. The number of hydrogen-bond donors (Lipinski definition) is 0. The molecule has 1 fully saturated rings. The van der Waals surface area contributed by atoms with E-state index < -0.39 is 0 Å². The normalized spacial score (nSPS) is 17.8. The summed E-state index contributed by atoms with van der Waals surface area (Å²) in [6.45, 7) is 4.42. The standard InChI is InChI=1S/C12H16BrClN2/c1-15-4-6-16(7-5-15)12-3-2-11(13)8-10(12)9-14/h2-3,8H,4-7,9H2,1H3. The Morgan fingerprint density at radius 3 is 2.56 bits per heavy atom. The Balaban J connectivity index is 2.19. The number of alkyl halides is 1. The maximum Gasteiger partial charge on any atom is 0.0494 e. The quantitative estimate of drug-likeness (QED) is 0.775. The van der Waals surface area contributed by atoms with Gasteiger partial charge in [0.05, 0.1) is 0 Å². The van der Waals surface area contributed by atoms with Gasteiger partial charge in [0.1, 0.15) is 0 Å². The first-order valence-corrected chi connectivity index (χ1v) is 6.81. The zero-order valence-corrected chi connectivity index (χ0v) is 11.8. The molecule has 1 aliphatic rings. The van der Waals surface area contributed by atoms with Gasteiger partial charge in [0.2, 0.25) is 0 Å². The maximum atomic E-state index is 5.99. The van der Waals surface area contributed by atoms with Gasteiger partial charge >= 0.3 is 0 Å². The van der Waals surface area contributed by atoms with Crippen LogP contribution in [0.5, 0.6) is 0 Å². The zero-order valence-electron chi connectivity index (χ0n) is 9.42. The molecule has 0 N–H and O–H groups in total.